The molecular formula is C17H16ClN5S2. The van der Waals surface area contributed by atoms with Gasteiger partial charge in [-0.2, -0.15) is 15.0 Å². The van der Waals surface area contributed by atoms with Gasteiger partial charge in [-0.15, -0.1) is 0 Å². The van der Waals surface area contributed by atoms with E-state index in [4.69, 9.17) is 17.3 Å². The van der Waals surface area contributed by atoms with E-state index < -0.39 is 0 Å². The molecule has 0 atom stereocenters. The van der Waals surface area contributed by atoms with E-state index in [9.17, 15) is 0 Å². The van der Waals surface area contributed by atoms with Gasteiger partial charge in [-0.25, -0.2) is 3.71 Å². The summed E-state index contributed by atoms with van der Waals surface area (Å²) in [5, 5.41) is 0.0725. The molecule has 0 aliphatic heterocycles. The van der Waals surface area contributed by atoms with Crippen LogP contribution in [0, 0.1) is 13.8 Å². The number of hydrogen-bond acceptors (Lipinski definition) is 7. The summed E-state index contributed by atoms with van der Waals surface area (Å²) >= 11 is 9.01. The van der Waals surface area contributed by atoms with Crippen LogP contribution in [0.2, 0.25) is 5.28 Å². The highest BCUT2D eigenvalue weighted by Gasteiger charge is 2.18. The standard InChI is InChI=1S/C17H16ClN5S2/c1-11-7-3-5-9-13(11)24-23(17-21-15(18)20-16(19)22-17)25-14-10-6-4-8-12(14)2/h3-10H,1-2H3,(H2,19,20,21,22). The van der Waals surface area contributed by atoms with Gasteiger partial charge in [0.15, 0.2) is 0 Å². The van der Waals surface area contributed by atoms with Crippen LogP contribution in [0.1, 0.15) is 11.1 Å². The summed E-state index contributed by atoms with van der Waals surface area (Å²) in [5.74, 6) is 0.495. The Morgan fingerprint density at radius 3 is 1.84 bits per heavy atom. The molecule has 128 valence electrons. The molecule has 0 saturated heterocycles. The third-order valence-electron chi connectivity index (χ3n) is 3.33. The van der Waals surface area contributed by atoms with Crippen molar-refractivity contribution in [1.82, 2.24) is 15.0 Å². The SMILES string of the molecule is Cc1ccccc1SN(Sc1ccccc1C)c1nc(N)nc(Cl)n1. The van der Waals surface area contributed by atoms with E-state index in [1.807, 2.05) is 28.0 Å². The lowest BCUT2D eigenvalue weighted by atomic mass is 10.2. The second kappa shape index (κ2) is 7.95. The van der Waals surface area contributed by atoms with Gasteiger partial charge >= 0.3 is 0 Å². The van der Waals surface area contributed by atoms with E-state index in [1.54, 1.807) is 0 Å². The van der Waals surface area contributed by atoms with Crippen LogP contribution in [-0.4, -0.2) is 15.0 Å². The highest BCUT2D eigenvalue weighted by molar-refractivity contribution is 8.18. The number of benzene rings is 2. The van der Waals surface area contributed by atoms with Crippen LogP contribution in [-0.2, 0) is 0 Å². The van der Waals surface area contributed by atoms with Gasteiger partial charge in [-0.05, 0) is 48.7 Å². The zero-order valence-corrected chi connectivity index (χ0v) is 16.1. The smallest absolute Gasteiger partial charge is 0.252 e. The average Bonchev–Trinajstić information content (AvgIpc) is 2.57. The Bertz CT molecular complexity index is 823. The molecule has 1 aromatic heterocycles. The molecule has 0 aliphatic carbocycles. The quantitative estimate of drug-likeness (QED) is 0.619. The van der Waals surface area contributed by atoms with Crippen molar-refractivity contribution in [3.8, 4) is 0 Å². The van der Waals surface area contributed by atoms with Gasteiger partial charge in [0.2, 0.25) is 11.2 Å². The van der Waals surface area contributed by atoms with Gasteiger partial charge in [-0.3, -0.25) is 0 Å². The zero-order valence-electron chi connectivity index (χ0n) is 13.7. The van der Waals surface area contributed by atoms with Crippen LogP contribution in [0.3, 0.4) is 0 Å². The molecule has 5 nitrogen and oxygen atoms in total. The maximum absolute atomic E-state index is 5.98. The predicted octanol–water partition coefficient (Wildman–Crippen LogP) is 4.95. The van der Waals surface area contributed by atoms with Crippen molar-refractivity contribution in [1.29, 1.82) is 0 Å². The molecule has 2 aromatic carbocycles. The molecule has 0 fully saturated rings. The van der Waals surface area contributed by atoms with Crippen molar-refractivity contribution in [3.63, 3.8) is 0 Å². The first-order valence-corrected chi connectivity index (χ1v) is 9.40. The lowest BCUT2D eigenvalue weighted by Crippen LogP contribution is -2.11. The number of nitrogens with two attached hydrogens (primary N) is 1. The van der Waals surface area contributed by atoms with Gasteiger partial charge in [0.25, 0.3) is 5.95 Å². The van der Waals surface area contributed by atoms with Gasteiger partial charge in [-0.1, -0.05) is 36.4 Å². The number of nitrogen functional groups attached to an aromatic ring is 1. The van der Waals surface area contributed by atoms with E-state index in [-0.39, 0.29) is 11.2 Å². The lowest BCUT2D eigenvalue weighted by molar-refractivity contribution is 1.06. The van der Waals surface area contributed by atoms with Gasteiger partial charge in [0, 0.05) is 33.7 Å². The van der Waals surface area contributed by atoms with E-state index in [1.165, 1.54) is 23.9 Å². The molecule has 0 bridgehead atoms. The zero-order chi connectivity index (χ0) is 17.8. The van der Waals surface area contributed by atoms with Crippen molar-refractivity contribution in [2.75, 3.05) is 9.44 Å². The van der Waals surface area contributed by atoms with Crippen molar-refractivity contribution in [2.24, 2.45) is 0 Å². The van der Waals surface area contributed by atoms with E-state index >= 15 is 0 Å². The Labute approximate surface area is 160 Å². The fraction of sp³-hybridized carbons (Fsp3) is 0.118. The summed E-state index contributed by atoms with van der Waals surface area (Å²) in [6.45, 7) is 4.13. The van der Waals surface area contributed by atoms with Crippen LogP contribution in [0.25, 0.3) is 0 Å². The number of aryl methyl sites for hydroxylation is 2. The molecule has 0 amide bonds. The number of nitrogens with zero attached hydrogens (tertiary/aromatic N) is 4. The maximum Gasteiger partial charge on any atom is 0.252 e. The monoisotopic (exact) mass is 389 g/mol. The molecule has 0 aliphatic rings. The third-order valence-corrected chi connectivity index (χ3v) is 5.91. The summed E-state index contributed by atoms with van der Waals surface area (Å²) in [5.41, 5.74) is 8.08. The highest BCUT2D eigenvalue weighted by atomic mass is 35.5. The predicted molar refractivity (Wildman–Crippen MR) is 106 cm³/mol. The Morgan fingerprint density at radius 1 is 0.840 bits per heavy atom. The van der Waals surface area contributed by atoms with Crippen molar-refractivity contribution in [2.45, 2.75) is 23.6 Å². The molecule has 0 unspecified atom stereocenters. The minimum absolute atomic E-state index is 0.0725. The van der Waals surface area contributed by atoms with E-state index in [0.717, 1.165) is 20.9 Å². The average molecular weight is 390 g/mol. The molecule has 3 rings (SSSR count). The summed E-state index contributed by atoms with van der Waals surface area (Å²) in [6, 6.07) is 16.3. The van der Waals surface area contributed by atoms with Crippen LogP contribution < -0.4 is 9.44 Å². The summed E-state index contributed by atoms with van der Waals surface area (Å²) in [6.07, 6.45) is 0. The maximum atomic E-state index is 5.98. The minimum atomic E-state index is 0.0725. The molecule has 2 N–H and O–H groups in total. The second-order valence-electron chi connectivity index (χ2n) is 5.23. The Balaban J connectivity index is 1.98. The largest absolute Gasteiger partial charge is 0.368 e. The Morgan fingerprint density at radius 2 is 1.36 bits per heavy atom. The van der Waals surface area contributed by atoms with E-state index in [0.29, 0.717) is 5.95 Å². The first kappa shape index (κ1) is 17.8. The molecule has 3 aromatic rings. The fourth-order valence-corrected chi connectivity index (χ4v) is 4.21. The number of halogens is 1. The van der Waals surface area contributed by atoms with Crippen molar-refractivity contribution >= 4 is 47.4 Å². The number of rotatable bonds is 5. The van der Waals surface area contributed by atoms with Gasteiger partial charge in [0.1, 0.15) is 0 Å². The molecule has 25 heavy (non-hydrogen) atoms. The lowest BCUT2D eigenvalue weighted by Gasteiger charge is -2.21. The first-order chi connectivity index (χ1) is 12.0. The van der Waals surface area contributed by atoms with Crippen molar-refractivity contribution in [3.05, 3.63) is 64.9 Å². The van der Waals surface area contributed by atoms with Crippen LogP contribution >= 0.6 is 35.5 Å². The molecule has 0 saturated carbocycles. The molecular weight excluding hydrogens is 374 g/mol. The van der Waals surface area contributed by atoms with Gasteiger partial charge < -0.3 is 5.73 Å². The Kier molecular flexibility index (Phi) is 5.67. The van der Waals surface area contributed by atoms with Crippen LogP contribution in [0.5, 0.6) is 0 Å². The second-order valence-corrected chi connectivity index (χ2v) is 7.78. The van der Waals surface area contributed by atoms with E-state index in [2.05, 4.69) is 53.1 Å². The summed E-state index contributed by atoms with van der Waals surface area (Å²) < 4.78 is 1.90. The highest BCUT2D eigenvalue weighted by Crippen LogP contribution is 2.39. The van der Waals surface area contributed by atoms with Crippen LogP contribution in [0.15, 0.2) is 58.3 Å². The normalized spacial score (nSPS) is 10.7. The van der Waals surface area contributed by atoms with Gasteiger partial charge in [0.05, 0.1) is 0 Å². The summed E-state index contributed by atoms with van der Waals surface area (Å²) in [4.78, 5) is 14.5. The first-order valence-electron chi connectivity index (χ1n) is 7.47. The van der Waals surface area contributed by atoms with Crippen molar-refractivity contribution < 1.29 is 0 Å². The molecule has 0 spiro atoms. The third kappa shape index (κ3) is 4.56. The molecule has 0 radical (unpaired) electrons. The number of hydrogen-bond donors (Lipinski definition) is 1. The molecule has 1 heterocycles. The number of aromatic nitrogens is 3. The molecule has 8 heteroatoms. The minimum Gasteiger partial charge on any atom is -0.368 e. The fourth-order valence-electron chi connectivity index (χ4n) is 2.03. The topological polar surface area (TPSA) is 67.9 Å². The number of anilines is 2. The summed E-state index contributed by atoms with van der Waals surface area (Å²) in [7, 11) is 0. The Hall–Kier alpha value is -1.96. The van der Waals surface area contributed by atoms with Crippen LogP contribution in [0.4, 0.5) is 11.9 Å².